The van der Waals surface area contributed by atoms with E-state index < -0.39 is 0 Å². The largest absolute Gasteiger partial charge is 0.378 e. The Morgan fingerprint density at radius 2 is 1.97 bits per heavy atom. The highest BCUT2D eigenvalue weighted by atomic mass is 16.5. The lowest BCUT2D eigenvalue weighted by atomic mass is 9.78. The molecule has 0 radical (unpaired) electrons. The minimum atomic E-state index is -0.332. The second-order valence-corrected chi connectivity index (χ2v) is 9.60. The molecule has 1 saturated heterocycles. The first-order valence-electron chi connectivity index (χ1n) is 12.4. The molecule has 2 atom stereocenters. The van der Waals surface area contributed by atoms with Crippen LogP contribution in [0.25, 0.3) is 44.2 Å². The molecule has 0 spiro atoms. The van der Waals surface area contributed by atoms with Crippen LogP contribution >= 0.6 is 0 Å². The van der Waals surface area contributed by atoms with Crippen LogP contribution < -0.4 is 11.1 Å². The highest BCUT2D eigenvalue weighted by molar-refractivity contribution is 6.12. The smallest absolute Gasteiger partial charge is 0.161 e. The molecule has 8 nitrogen and oxygen atoms in total. The number of nitrogens with zero attached hydrogens (tertiary/aromatic N) is 4. The van der Waals surface area contributed by atoms with E-state index >= 15 is 0 Å². The van der Waals surface area contributed by atoms with E-state index in [1.54, 1.807) is 6.20 Å². The number of ether oxygens (including phenoxy) is 1. The molecule has 2 aliphatic rings. The fourth-order valence-electron chi connectivity index (χ4n) is 5.49. The van der Waals surface area contributed by atoms with Crippen LogP contribution in [0.2, 0.25) is 0 Å². The molecule has 0 bridgehead atoms. The van der Waals surface area contributed by atoms with E-state index in [1.165, 1.54) is 24.8 Å². The predicted molar refractivity (Wildman–Crippen MR) is 136 cm³/mol. The van der Waals surface area contributed by atoms with Gasteiger partial charge in [-0.05, 0) is 36.5 Å². The van der Waals surface area contributed by atoms with Gasteiger partial charge in [0.2, 0.25) is 0 Å². The third-order valence-corrected chi connectivity index (χ3v) is 7.55. The SMILES string of the molecule is NC(c1nc(-c2ccnc3[nH]c4ccccc4c23)nc2cncc(C3CCC3)c12)C1COCCN1. The number of hydrogen-bond donors (Lipinski definition) is 3. The van der Waals surface area contributed by atoms with Crippen LogP contribution in [-0.4, -0.2) is 50.7 Å². The van der Waals surface area contributed by atoms with Gasteiger partial charge in [-0.15, -0.1) is 0 Å². The van der Waals surface area contributed by atoms with Crippen LogP contribution in [0.15, 0.2) is 48.9 Å². The molecule has 8 heteroatoms. The van der Waals surface area contributed by atoms with E-state index in [4.69, 9.17) is 20.4 Å². The zero-order valence-electron chi connectivity index (χ0n) is 19.4. The van der Waals surface area contributed by atoms with Gasteiger partial charge in [-0.25, -0.2) is 15.0 Å². The van der Waals surface area contributed by atoms with E-state index in [2.05, 4.69) is 32.4 Å². The van der Waals surface area contributed by atoms with Gasteiger partial charge in [-0.3, -0.25) is 4.98 Å². The van der Waals surface area contributed by atoms with Crippen LogP contribution in [0.4, 0.5) is 0 Å². The van der Waals surface area contributed by atoms with Gasteiger partial charge < -0.3 is 20.8 Å². The number of fused-ring (bicyclic) bond motifs is 4. The molecule has 4 N–H and O–H groups in total. The van der Waals surface area contributed by atoms with Crippen molar-refractivity contribution in [3.63, 3.8) is 0 Å². The number of benzene rings is 1. The Hall–Kier alpha value is -3.46. The number of aromatic nitrogens is 5. The Balaban J connectivity index is 1.48. The second-order valence-electron chi connectivity index (χ2n) is 9.60. The van der Waals surface area contributed by atoms with Crippen molar-refractivity contribution in [1.29, 1.82) is 0 Å². The molecule has 1 aliphatic heterocycles. The van der Waals surface area contributed by atoms with Crippen molar-refractivity contribution in [1.82, 2.24) is 30.2 Å². The summed E-state index contributed by atoms with van der Waals surface area (Å²) in [5, 5.41) is 6.70. The topological polar surface area (TPSA) is 115 Å². The molecule has 35 heavy (non-hydrogen) atoms. The lowest BCUT2D eigenvalue weighted by Crippen LogP contribution is -2.48. The Morgan fingerprint density at radius 3 is 2.80 bits per heavy atom. The third-order valence-electron chi connectivity index (χ3n) is 7.55. The van der Waals surface area contributed by atoms with Crippen molar-refractivity contribution in [2.24, 2.45) is 5.73 Å². The van der Waals surface area contributed by atoms with Gasteiger partial charge in [-0.2, -0.15) is 0 Å². The third kappa shape index (κ3) is 3.40. The summed E-state index contributed by atoms with van der Waals surface area (Å²) < 4.78 is 5.75. The standard InChI is InChI=1S/C27H27N7O/c28-24(21-14-35-11-10-30-21)25-23-18(15-4-3-5-15)12-29-13-20(23)33-26(34-25)17-8-9-31-27-22(17)16-6-1-2-7-19(16)32-27/h1-2,6-9,12-13,15,21,24,30H,3-5,10-11,14,28H2,(H,31,32). The molecule has 5 aromatic rings. The summed E-state index contributed by atoms with van der Waals surface area (Å²) in [6.07, 6.45) is 9.22. The van der Waals surface area contributed by atoms with Crippen LogP contribution in [0.3, 0.4) is 0 Å². The van der Waals surface area contributed by atoms with Gasteiger partial charge in [0.05, 0.1) is 42.7 Å². The van der Waals surface area contributed by atoms with Gasteiger partial charge in [-0.1, -0.05) is 24.6 Å². The van der Waals surface area contributed by atoms with Gasteiger partial charge >= 0.3 is 0 Å². The fourth-order valence-corrected chi connectivity index (χ4v) is 5.49. The zero-order valence-corrected chi connectivity index (χ0v) is 19.4. The molecule has 4 aromatic heterocycles. The molecule has 2 unspecified atom stereocenters. The molecular weight excluding hydrogens is 438 g/mol. The molecule has 0 amide bonds. The maximum absolute atomic E-state index is 6.92. The predicted octanol–water partition coefficient (Wildman–Crippen LogP) is 3.98. The summed E-state index contributed by atoms with van der Waals surface area (Å²) in [6, 6.07) is 9.87. The summed E-state index contributed by atoms with van der Waals surface area (Å²) in [6.45, 7) is 2.05. The lowest BCUT2D eigenvalue weighted by Gasteiger charge is -2.31. The maximum Gasteiger partial charge on any atom is 0.161 e. The van der Waals surface area contributed by atoms with Crippen molar-refractivity contribution in [2.75, 3.05) is 19.8 Å². The normalized spacial score (nSPS) is 19.9. The summed E-state index contributed by atoms with van der Waals surface area (Å²) in [5.41, 5.74) is 12.6. The highest BCUT2D eigenvalue weighted by Crippen LogP contribution is 2.41. The van der Waals surface area contributed by atoms with Crippen molar-refractivity contribution < 1.29 is 4.74 Å². The van der Waals surface area contributed by atoms with E-state index in [0.717, 1.165) is 50.6 Å². The molecular formula is C27H27N7O. The first-order valence-corrected chi connectivity index (χ1v) is 12.4. The minimum Gasteiger partial charge on any atom is -0.378 e. The monoisotopic (exact) mass is 465 g/mol. The van der Waals surface area contributed by atoms with Crippen LogP contribution in [0.1, 0.15) is 42.5 Å². The molecule has 1 saturated carbocycles. The highest BCUT2D eigenvalue weighted by Gasteiger charge is 2.30. The Labute approximate surface area is 202 Å². The maximum atomic E-state index is 6.92. The first-order chi connectivity index (χ1) is 17.3. The summed E-state index contributed by atoms with van der Waals surface area (Å²) in [4.78, 5) is 22.8. The fraction of sp³-hybridized carbons (Fsp3) is 0.333. The number of aromatic amines is 1. The van der Waals surface area contributed by atoms with Crippen molar-refractivity contribution >= 4 is 32.8 Å². The Kier molecular flexibility index (Phi) is 4.97. The molecule has 7 rings (SSSR count). The quantitative estimate of drug-likeness (QED) is 0.368. The van der Waals surface area contributed by atoms with Gasteiger partial charge in [0.15, 0.2) is 5.82 Å². The number of hydrogen-bond acceptors (Lipinski definition) is 7. The van der Waals surface area contributed by atoms with Crippen molar-refractivity contribution in [2.45, 2.75) is 37.3 Å². The number of morpholine rings is 1. The summed E-state index contributed by atoms with van der Waals surface area (Å²) in [7, 11) is 0. The number of nitrogens with one attached hydrogen (secondary N) is 2. The van der Waals surface area contributed by atoms with Crippen molar-refractivity contribution in [3.8, 4) is 11.4 Å². The van der Waals surface area contributed by atoms with E-state index in [1.807, 2.05) is 30.6 Å². The zero-order chi connectivity index (χ0) is 23.4. The Bertz CT molecular complexity index is 1550. The average molecular weight is 466 g/mol. The van der Waals surface area contributed by atoms with E-state index in [0.29, 0.717) is 25.0 Å². The molecule has 176 valence electrons. The second kappa shape index (κ2) is 8.34. The number of para-hydroxylation sites is 1. The molecule has 1 aromatic carbocycles. The number of nitrogens with two attached hydrogens (primary N) is 1. The number of H-pyrrole nitrogens is 1. The number of pyridine rings is 2. The first kappa shape index (κ1) is 20.9. The van der Waals surface area contributed by atoms with Crippen LogP contribution in [0, 0.1) is 0 Å². The molecule has 1 aliphatic carbocycles. The minimum absolute atomic E-state index is 0.0114. The molecule has 2 fully saturated rings. The number of rotatable bonds is 4. The van der Waals surface area contributed by atoms with E-state index in [-0.39, 0.29) is 12.1 Å². The van der Waals surface area contributed by atoms with Gasteiger partial charge in [0.1, 0.15) is 5.65 Å². The van der Waals surface area contributed by atoms with Crippen LogP contribution in [0.5, 0.6) is 0 Å². The summed E-state index contributed by atoms with van der Waals surface area (Å²) >= 11 is 0. The molecule has 5 heterocycles. The average Bonchev–Trinajstić information content (AvgIpc) is 3.26. The van der Waals surface area contributed by atoms with Crippen LogP contribution in [-0.2, 0) is 4.74 Å². The summed E-state index contributed by atoms with van der Waals surface area (Å²) in [5.74, 6) is 1.13. The Morgan fingerprint density at radius 1 is 1.06 bits per heavy atom. The van der Waals surface area contributed by atoms with Gasteiger partial charge in [0.25, 0.3) is 0 Å². The lowest BCUT2D eigenvalue weighted by molar-refractivity contribution is 0.0682. The van der Waals surface area contributed by atoms with E-state index in [9.17, 15) is 0 Å². The van der Waals surface area contributed by atoms with Gasteiger partial charge in [0, 0.05) is 46.2 Å². The van der Waals surface area contributed by atoms with Crippen molar-refractivity contribution in [3.05, 3.63) is 60.2 Å².